The lowest BCUT2D eigenvalue weighted by Gasteiger charge is -2.46. The van der Waals surface area contributed by atoms with Gasteiger partial charge in [0.2, 0.25) is 5.88 Å². The fourth-order valence-electron chi connectivity index (χ4n) is 8.92. The molecule has 0 radical (unpaired) electrons. The quantitative estimate of drug-likeness (QED) is 0.227. The maximum Gasteiger partial charge on any atom is 0.285 e. The third-order valence-corrected chi connectivity index (χ3v) is 13.9. The summed E-state index contributed by atoms with van der Waals surface area (Å²) in [5.74, 6) is -0.450. The average Bonchev–Trinajstić information content (AvgIpc) is 3.50. The van der Waals surface area contributed by atoms with Gasteiger partial charge >= 0.3 is 0 Å². The number of rotatable bonds is 8. The molecule has 7 rings (SSSR count). The number of nitrogens with zero attached hydrogens (tertiary/aromatic N) is 5. The molecule has 3 aromatic rings. The highest BCUT2D eigenvalue weighted by molar-refractivity contribution is 7.76. The van der Waals surface area contributed by atoms with Gasteiger partial charge in [-0.15, -0.1) is 5.10 Å². The molecule has 8 atom stereocenters. The summed E-state index contributed by atoms with van der Waals surface area (Å²) in [5.41, 5.74) is 3.49. The van der Waals surface area contributed by atoms with Gasteiger partial charge in [0.15, 0.2) is 0 Å². The number of hydrogen-bond acceptors (Lipinski definition) is 10. The van der Waals surface area contributed by atoms with E-state index < -0.39 is 39.8 Å². The third-order valence-electron chi connectivity index (χ3n) is 12.2. The van der Waals surface area contributed by atoms with Gasteiger partial charge in [-0.3, -0.25) is 18.5 Å². The number of hydrogen-bond donors (Lipinski definition) is 2. The molecule has 1 fully saturated rings. The standard InChI is InChI=1S/C42H55ClN6O7S/c1-26-35(55-19-18-47(2)3)15-16-36(53-5)31-12-9-29(31)22-49-24-42(17-7-8-27-20-30(43)11-13-33(27)42)25-56-37-14-10-28(21-34(37)49)38(50)46-57(52)41(26)44-39(51)32-23-48(4)45-40(32)54-6/h10-11,13-16,20-21,23,26,29,31,35-36,41,57H,7-9,12,17-19,22,24-25H2,1-6H3,(H,44,51)/b16-15+/t26-,29-,31+,35-,36-,41?,42-/m0/s1. The van der Waals surface area contributed by atoms with Gasteiger partial charge < -0.3 is 34.1 Å². The molecule has 308 valence electrons. The van der Waals surface area contributed by atoms with E-state index in [2.05, 4.69) is 37.9 Å². The van der Waals surface area contributed by atoms with E-state index in [0.29, 0.717) is 38.0 Å². The lowest BCUT2D eigenvalue weighted by molar-refractivity contribution is 0.00961. The van der Waals surface area contributed by atoms with E-state index in [1.807, 2.05) is 50.2 Å². The number of likely N-dealkylation sites (N-methyl/N-ethyl adjacent to an activating group) is 1. The molecule has 15 heteroatoms. The average molecular weight is 823 g/mol. The number of fused-ring (bicyclic) bond motifs is 4. The molecule has 3 heterocycles. The summed E-state index contributed by atoms with van der Waals surface area (Å²) in [6.45, 7) is 4.80. The number of aromatic nitrogens is 2. The van der Waals surface area contributed by atoms with Crippen molar-refractivity contribution in [3.05, 3.63) is 82.0 Å². The van der Waals surface area contributed by atoms with Crippen LogP contribution in [0.2, 0.25) is 5.02 Å². The van der Waals surface area contributed by atoms with Crippen LogP contribution in [-0.4, -0.2) is 109 Å². The van der Waals surface area contributed by atoms with Crippen LogP contribution >= 0.6 is 11.6 Å². The number of ether oxygens (including phenoxy) is 4. The number of aryl methyl sites for hydroxylation is 2. The van der Waals surface area contributed by atoms with E-state index in [1.54, 1.807) is 20.2 Å². The van der Waals surface area contributed by atoms with Crippen molar-refractivity contribution in [2.45, 2.75) is 62.0 Å². The molecule has 2 amide bonds. The predicted molar refractivity (Wildman–Crippen MR) is 221 cm³/mol. The van der Waals surface area contributed by atoms with Crippen LogP contribution in [-0.2, 0) is 39.0 Å². The second-order valence-corrected chi connectivity index (χ2v) is 18.0. The van der Waals surface area contributed by atoms with E-state index in [-0.39, 0.29) is 34.4 Å². The van der Waals surface area contributed by atoms with Crippen molar-refractivity contribution in [3.63, 3.8) is 0 Å². The summed E-state index contributed by atoms with van der Waals surface area (Å²) < 4.78 is 44.9. The summed E-state index contributed by atoms with van der Waals surface area (Å²) in [5, 5.41) is 6.78. The maximum absolute atomic E-state index is 14.4. The smallest absolute Gasteiger partial charge is 0.285 e. The van der Waals surface area contributed by atoms with Crippen LogP contribution in [0, 0.1) is 17.8 Å². The van der Waals surface area contributed by atoms with Crippen molar-refractivity contribution < 1.29 is 32.7 Å². The fraction of sp³-hybridized carbons (Fsp3) is 0.548. The zero-order valence-electron chi connectivity index (χ0n) is 33.7. The zero-order chi connectivity index (χ0) is 40.4. The SMILES string of the molecule is COc1nn(C)cc1C(=O)NC1[C@@H](C)[C@@H](OCCN(C)C)/C=C/[C@H](OC)[C@@H]2CC[C@H]2CN2C[C@@]3(CCCc4cc(Cl)ccc43)COc3ccc(cc32)C(=O)/N=[SH]\1=O. The Bertz CT molecular complexity index is 2080. The van der Waals surface area contributed by atoms with Crippen LogP contribution in [0.5, 0.6) is 11.6 Å². The topological polar surface area (TPSA) is 137 Å². The van der Waals surface area contributed by atoms with E-state index in [4.69, 9.17) is 30.5 Å². The van der Waals surface area contributed by atoms with Crippen LogP contribution in [0.1, 0.15) is 64.4 Å². The first-order valence-corrected chi connectivity index (χ1v) is 21.4. The molecule has 1 aromatic heterocycles. The Morgan fingerprint density at radius 1 is 1.14 bits per heavy atom. The molecule has 57 heavy (non-hydrogen) atoms. The first kappa shape index (κ1) is 41.2. The summed E-state index contributed by atoms with van der Waals surface area (Å²) in [6, 6.07) is 11.6. The molecule has 2 bridgehead atoms. The molecule has 4 aliphatic rings. The summed E-state index contributed by atoms with van der Waals surface area (Å²) in [6.07, 6.45) is 9.69. The monoisotopic (exact) mass is 822 g/mol. The third kappa shape index (κ3) is 8.75. The highest BCUT2D eigenvalue weighted by Crippen LogP contribution is 2.47. The van der Waals surface area contributed by atoms with Gasteiger partial charge in [0.25, 0.3) is 11.8 Å². The molecule has 2 aliphatic carbocycles. The normalized spacial score (nSPS) is 29.6. The number of thiol groups is 1. The van der Waals surface area contributed by atoms with Crippen molar-refractivity contribution in [2.75, 3.05) is 66.1 Å². The van der Waals surface area contributed by atoms with Crippen LogP contribution in [0.4, 0.5) is 5.69 Å². The number of methoxy groups -OCH3 is 2. The number of halogens is 1. The Kier molecular flexibility index (Phi) is 12.7. The number of carbonyl (C=O) groups excluding carboxylic acids is 2. The second kappa shape index (κ2) is 17.5. The van der Waals surface area contributed by atoms with E-state index in [1.165, 1.54) is 29.1 Å². The Labute approximate surface area is 342 Å². The predicted octanol–water partition coefficient (Wildman–Crippen LogP) is 5.31. The molecule has 0 saturated heterocycles. The zero-order valence-corrected chi connectivity index (χ0v) is 35.3. The number of amides is 2. The van der Waals surface area contributed by atoms with Crippen LogP contribution < -0.4 is 19.7 Å². The van der Waals surface area contributed by atoms with Crippen molar-refractivity contribution in [3.8, 4) is 11.6 Å². The number of nitrogens with one attached hydrogen (secondary N) is 1. The molecule has 2 unspecified atom stereocenters. The number of benzene rings is 2. The summed E-state index contributed by atoms with van der Waals surface area (Å²) in [7, 11) is 6.05. The first-order valence-electron chi connectivity index (χ1n) is 19.8. The van der Waals surface area contributed by atoms with Gasteiger partial charge in [-0.25, -0.2) is 0 Å². The Morgan fingerprint density at radius 3 is 2.68 bits per heavy atom. The van der Waals surface area contributed by atoms with Crippen molar-refractivity contribution in [2.24, 2.45) is 29.2 Å². The molecule has 1 N–H and O–H groups in total. The summed E-state index contributed by atoms with van der Waals surface area (Å²) >= 11 is 6.49. The van der Waals surface area contributed by atoms with Gasteiger partial charge in [-0.1, -0.05) is 36.7 Å². The summed E-state index contributed by atoms with van der Waals surface area (Å²) in [4.78, 5) is 32.3. The first-order chi connectivity index (χ1) is 27.4. The lowest BCUT2D eigenvalue weighted by Crippen LogP contribution is -2.49. The highest BCUT2D eigenvalue weighted by Gasteiger charge is 2.44. The second-order valence-electron chi connectivity index (χ2n) is 16.2. The Balaban J connectivity index is 1.31. The van der Waals surface area contributed by atoms with Crippen molar-refractivity contribution >= 4 is 39.7 Å². The molecule has 2 aliphatic heterocycles. The van der Waals surface area contributed by atoms with Gasteiger partial charge in [0, 0.05) is 61.9 Å². The number of anilines is 1. The molecule has 2 aromatic carbocycles. The molecule has 1 spiro atoms. The minimum Gasteiger partial charge on any atom is -0.490 e. The van der Waals surface area contributed by atoms with Gasteiger partial charge in [-0.05, 0) is 99.5 Å². The number of carbonyl (C=O) groups is 2. The molecular weight excluding hydrogens is 768 g/mol. The highest BCUT2D eigenvalue weighted by atomic mass is 35.5. The largest absolute Gasteiger partial charge is 0.490 e. The van der Waals surface area contributed by atoms with E-state index in [9.17, 15) is 13.8 Å². The van der Waals surface area contributed by atoms with Gasteiger partial charge in [-0.2, -0.15) is 4.36 Å². The molecular formula is C42H55ClN6O7S. The lowest BCUT2D eigenvalue weighted by atomic mass is 9.68. The van der Waals surface area contributed by atoms with Gasteiger partial charge in [0.05, 0.1) is 48.8 Å². The minimum atomic E-state index is -2.72. The molecule has 13 nitrogen and oxygen atoms in total. The van der Waals surface area contributed by atoms with Crippen molar-refractivity contribution in [1.29, 1.82) is 0 Å². The van der Waals surface area contributed by atoms with Crippen LogP contribution in [0.25, 0.3) is 0 Å². The Hall–Kier alpha value is -3.95. The maximum atomic E-state index is 14.4. The van der Waals surface area contributed by atoms with Gasteiger partial charge in [0.1, 0.15) is 16.7 Å². The minimum absolute atomic E-state index is 0.120. The Morgan fingerprint density at radius 2 is 1.95 bits per heavy atom. The van der Waals surface area contributed by atoms with E-state index >= 15 is 0 Å². The van der Waals surface area contributed by atoms with E-state index in [0.717, 1.165) is 49.4 Å². The molecule has 1 saturated carbocycles. The van der Waals surface area contributed by atoms with Crippen LogP contribution in [0.3, 0.4) is 0 Å². The fourth-order valence-corrected chi connectivity index (χ4v) is 10.3. The van der Waals surface area contributed by atoms with Crippen LogP contribution in [0.15, 0.2) is 59.1 Å². The van der Waals surface area contributed by atoms with Crippen molar-refractivity contribution in [1.82, 2.24) is 20.0 Å².